The number of nitrogens with one attached hydrogen (secondary N) is 1. The molecule has 3 heterocycles. The van der Waals surface area contributed by atoms with Gasteiger partial charge in [-0.2, -0.15) is 0 Å². The van der Waals surface area contributed by atoms with E-state index in [1.165, 1.54) is 12.1 Å². The maximum Gasteiger partial charge on any atom is 0.321 e. The van der Waals surface area contributed by atoms with Crippen LogP contribution < -0.4 is 5.32 Å². The summed E-state index contributed by atoms with van der Waals surface area (Å²) in [7, 11) is 0. The third-order valence-corrected chi connectivity index (χ3v) is 7.65. The van der Waals surface area contributed by atoms with E-state index in [1.54, 1.807) is 12.1 Å². The fourth-order valence-corrected chi connectivity index (χ4v) is 6.12. The van der Waals surface area contributed by atoms with Gasteiger partial charge in [-0.1, -0.05) is 13.8 Å². The van der Waals surface area contributed by atoms with E-state index >= 15 is 0 Å². The van der Waals surface area contributed by atoms with Crippen molar-refractivity contribution in [2.45, 2.75) is 40.0 Å². The molecule has 1 atom stereocenters. The van der Waals surface area contributed by atoms with Gasteiger partial charge in [-0.3, -0.25) is 4.79 Å². The number of halogens is 1. The fraction of sp³-hybridized carbons (Fsp3) is 0.667. The molecule has 6 nitrogen and oxygen atoms in total. The van der Waals surface area contributed by atoms with E-state index in [1.807, 2.05) is 9.80 Å². The fourth-order valence-electron chi connectivity index (χ4n) is 6.12. The second-order valence-corrected chi connectivity index (χ2v) is 9.98. The number of carbonyl (C=O) groups excluding carboxylic acids is 2. The summed E-state index contributed by atoms with van der Waals surface area (Å²) in [4.78, 5) is 32.7. The minimum atomic E-state index is -0.322. The zero-order valence-corrected chi connectivity index (χ0v) is 19.0. The molecule has 0 aromatic heterocycles. The van der Waals surface area contributed by atoms with E-state index < -0.39 is 0 Å². The molecule has 0 aliphatic carbocycles. The van der Waals surface area contributed by atoms with Crippen LogP contribution in [-0.2, 0) is 4.79 Å². The second-order valence-electron chi connectivity index (χ2n) is 9.98. The van der Waals surface area contributed by atoms with Crippen molar-refractivity contribution in [2.24, 2.45) is 16.7 Å². The summed E-state index contributed by atoms with van der Waals surface area (Å²) < 4.78 is 13.1. The second kappa shape index (κ2) is 8.41. The monoisotopic (exact) mass is 430 g/mol. The van der Waals surface area contributed by atoms with Gasteiger partial charge < -0.3 is 20.0 Å². The van der Waals surface area contributed by atoms with Crippen molar-refractivity contribution in [1.82, 2.24) is 14.7 Å². The number of fused-ring (bicyclic) bond motifs is 1. The molecule has 3 aliphatic heterocycles. The van der Waals surface area contributed by atoms with Crippen LogP contribution in [0.15, 0.2) is 24.3 Å². The van der Waals surface area contributed by atoms with Crippen molar-refractivity contribution < 1.29 is 14.0 Å². The predicted octanol–water partition coefficient (Wildman–Crippen LogP) is 3.65. The van der Waals surface area contributed by atoms with Crippen LogP contribution in [-0.4, -0.2) is 72.5 Å². The average molecular weight is 431 g/mol. The Kier molecular flexibility index (Phi) is 5.99. The highest BCUT2D eigenvalue weighted by Crippen LogP contribution is 2.57. The van der Waals surface area contributed by atoms with Crippen LogP contribution in [0.25, 0.3) is 0 Å². The number of likely N-dealkylation sites (tertiary alicyclic amines) is 3. The number of amides is 3. The summed E-state index contributed by atoms with van der Waals surface area (Å²) in [5.74, 6) is 0.566. The highest BCUT2D eigenvalue weighted by molar-refractivity contribution is 5.89. The van der Waals surface area contributed by atoms with Crippen LogP contribution in [0.4, 0.5) is 14.9 Å². The van der Waals surface area contributed by atoms with Gasteiger partial charge in [0.15, 0.2) is 0 Å². The summed E-state index contributed by atoms with van der Waals surface area (Å²) in [5, 5.41) is 2.87. The van der Waals surface area contributed by atoms with E-state index in [4.69, 9.17) is 0 Å². The summed E-state index contributed by atoms with van der Waals surface area (Å²) in [5.41, 5.74) is 0.226. The molecule has 170 valence electrons. The van der Waals surface area contributed by atoms with Crippen molar-refractivity contribution >= 4 is 17.6 Å². The maximum atomic E-state index is 13.5. The van der Waals surface area contributed by atoms with Crippen molar-refractivity contribution in [3.05, 3.63) is 30.1 Å². The molecule has 1 aromatic rings. The smallest absolute Gasteiger partial charge is 0.321 e. The normalized spacial score (nSPS) is 25.9. The van der Waals surface area contributed by atoms with Crippen LogP contribution in [0.1, 0.15) is 40.0 Å². The molecule has 7 heteroatoms. The zero-order chi connectivity index (χ0) is 22.2. The number of benzene rings is 1. The molecule has 3 aliphatic rings. The third kappa shape index (κ3) is 3.93. The van der Waals surface area contributed by atoms with Crippen LogP contribution in [0.2, 0.25) is 0 Å². The number of hydrogen-bond donors (Lipinski definition) is 1. The Labute approximate surface area is 184 Å². The molecule has 0 saturated carbocycles. The minimum absolute atomic E-state index is 0.0600. The van der Waals surface area contributed by atoms with Gasteiger partial charge >= 0.3 is 6.03 Å². The maximum absolute atomic E-state index is 13.5. The lowest BCUT2D eigenvalue weighted by molar-refractivity contribution is -0.141. The van der Waals surface area contributed by atoms with Gasteiger partial charge in [0.2, 0.25) is 5.91 Å². The third-order valence-electron chi connectivity index (χ3n) is 7.65. The summed E-state index contributed by atoms with van der Waals surface area (Å²) >= 11 is 0. The standard InChI is InChI=1S/C24H35FN4O2/c1-4-28-14-11-24(21(28)30)17-27(15-18(2)3)16-23(24)9-12-29(13-10-23)22(31)26-20-7-5-19(25)6-8-20/h5-8,18H,4,9-17H2,1-3H3,(H,26,31). The molecule has 0 radical (unpaired) electrons. The number of carbonyl (C=O) groups is 2. The van der Waals surface area contributed by atoms with Gasteiger partial charge in [-0.15, -0.1) is 0 Å². The molecule has 4 rings (SSSR count). The Morgan fingerprint density at radius 3 is 2.35 bits per heavy atom. The Morgan fingerprint density at radius 2 is 1.77 bits per heavy atom. The summed E-state index contributed by atoms with van der Waals surface area (Å²) in [6.07, 6.45) is 2.62. The minimum Gasteiger partial charge on any atom is -0.342 e. The first-order chi connectivity index (χ1) is 14.8. The van der Waals surface area contributed by atoms with Crippen molar-refractivity contribution in [1.29, 1.82) is 0 Å². The number of nitrogens with zero attached hydrogens (tertiary/aromatic N) is 3. The van der Waals surface area contributed by atoms with Gasteiger partial charge in [0.05, 0.1) is 5.41 Å². The summed E-state index contributed by atoms with van der Waals surface area (Å²) in [6, 6.07) is 5.69. The van der Waals surface area contributed by atoms with Crippen LogP contribution in [0.3, 0.4) is 0 Å². The molecular formula is C24H35FN4O2. The first-order valence-electron chi connectivity index (χ1n) is 11.6. The van der Waals surface area contributed by atoms with Crippen LogP contribution in [0, 0.1) is 22.6 Å². The largest absolute Gasteiger partial charge is 0.342 e. The van der Waals surface area contributed by atoms with Crippen LogP contribution >= 0.6 is 0 Å². The van der Waals surface area contributed by atoms with Gasteiger partial charge in [0, 0.05) is 56.9 Å². The molecule has 3 amide bonds. The lowest BCUT2D eigenvalue weighted by Gasteiger charge is -2.47. The Balaban J connectivity index is 1.48. The molecule has 0 bridgehead atoms. The topological polar surface area (TPSA) is 55.9 Å². The predicted molar refractivity (Wildman–Crippen MR) is 119 cm³/mol. The molecule has 1 aromatic carbocycles. The average Bonchev–Trinajstić information content (AvgIpc) is 3.21. The Bertz CT molecular complexity index is 819. The highest BCUT2D eigenvalue weighted by atomic mass is 19.1. The van der Waals surface area contributed by atoms with E-state index in [2.05, 4.69) is 31.0 Å². The number of hydrogen-bond acceptors (Lipinski definition) is 3. The highest BCUT2D eigenvalue weighted by Gasteiger charge is 2.64. The number of piperidine rings is 1. The number of urea groups is 1. The Morgan fingerprint density at radius 1 is 1.10 bits per heavy atom. The molecular weight excluding hydrogens is 395 g/mol. The molecule has 3 saturated heterocycles. The quantitative estimate of drug-likeness (QED) is 0.793. The van der Waals surface area contributed by atoms with Gasteiger partial charge in [-0.05, 0) is 56.4 Å². The Hall–Kier alpha value is -2.15. The van der Waals surface area contributed by atoms with Crippen LogP contribution in [0.5, 0.6) is 0 Å². The van der Waals surface area contributed by atoms with E-state index in [-0.39, 0.29) is 22.7 Å². The van der Waals surface area contributed by atoms with Crippen molar-refractivity contribution in [3.8, 4) is 0 Å². The van der Waals surface area contributed by atoms with E-state index in [0.29, 0.717) is 30.6 Å². The lowest BCUT2D eigenvalue weighted by atomic mass is 9.60. The number of rotatable bonds is 4. The number of anilines is 1. The zero-order valence-electron chi connectivity index (χ0n) is 19.0. The van der Waals surface area contributed by atoms with Crippen molar-refractivity contribution in [3.63, 3.8) is 0 Å². The SMILES string of the molecule is CCN1CCC2(CN(CC(C)C)CC23CCN(C(=O)Nc2ccc(F)cc2)CC3)C1=O. The molecule has 2 spiro atoms. The molecule has 3 fully saturated rings. The van der Waals surface area contributed by atoms with Gasteiger partial charge in [-0.25, -0.2) is 9.18 Å². The van der Waals surface area contributed by atoms with E-state index in [9.17, 15) is 14.0 Å². The molecule has 1 N–H and O–H groups in total. The first-order valence-corrected chi connectivity index (χ1v) is 11.6. The summed E-state index contributed by atoms with van der Waals surface area (Å²) in [6.45, 7) is 12.2. The lowest BCUT2D eigenvalue weighted by Crippen LogP contribution is -2.54. The molecule has 1 unspecified atom stereocenters. The van der Waals surface area contributed by atoms with Crippen molar-refractivity contribution in [2.75, 3.05) is 51.1 Å². The van der Waals surface area contributed by atoms with Gasteiger partial charge in [0.1, 0.15) is 5.82 Å². The first kappa shape index (κ1) is 22.1. The molecule has 31 heavy (non-hydrogen) atoms. The van der Waals surface area contributed by atoms with Gasteiger partial charge in [0.25, 0.3) is 0 Å². The van der Waals surface area contributed by atoms with E-state index in [0.717, 1.165) is 52.0 Å².